The maximum absolute atomic E-state index is 11.8. The van der Waals surface area contributed by atoms with Crippen molar-refractivity contribution in [3.05, 3.63) is 79.1 Å². The van der Waals surface area contributed by atoms with Crippen LogP contribution in [0, 0.1) is 13.7 Å². The van der Waals surface area contributed by atoms with Gasteiger partial charge in [-0.1, -0.05) is 23.7 Å². The van der Waals surface area contributed by atoms with E-state index in [0.717, 1.165) is 3.57 Å². The van der Waals surface area contributed by atoms with Gasteiger partial charge in [0.05, 0.1) is 14.7 Å². The van der Waals surface area contributed by atoms with Gasteiger partial charge in [0.25, 0.3) is 11.6 Å². The third-order valence-corrected chi connectivity index (χ3v) is 4.68. The van der Waals surface area contributed by atoms with E-state index >= 15 is 0 Å². The van der Waals surface area contributed by atoms with Gasteiger partial charge in [0.15, 0.2) is 6.61 Å². The minimum Gasteiger partial charge on any atom is -0.483 e. The Bertz CT molecular complexity index is 1080. The number of halogens is 2. The number of carbonyl (C=O) groups excluding carboxylic acids is 1. The number of hydrogen-bond donors (Lipinski definition) is 1. The largest absolute Gasteiger partial charge is 0.483 e. The lowest BCUT2D eigenvalue weighted by Crippen LogP contribution is -2.24. The van der Waals surface area contributed by atoms with Gasteiger partial charge in [-0.2, -0.15) is 5.10 Å². The van der Waals surface area contributed by atoms with E-state index in [4.69, 9.17) is 20.8 Å². The second kappa shape index (κ2) is 9.52. The molecule has 0 aliphatic rings. The van der Waals surface area contributed by atoms with Gasteiger partial charge in [0, 0.05) is 22.7 Å². The Balaban J connectivity index is 1.55. The summed E-state index contributed by atoms with van der Waals surface area (Å²) in [6, 6.07) is 14.5. The van der Waals surface area contributed by atoms with Crippen LogP contribution in [-0.2, 0) is 4.79 Å². The molecule has 1 heterocycles. The van der Waals surface area contributed by atoms with Crippen LogP contribution in [0.3, 0.4) is 0 Å². The fourth-order valence-electron chi connectivity index (χ4n) is 2.29. The number of hydrogen-bond acceptors (Lipinski definition) is 6. The van der Waals surface area contributed by atoms with Crippen LogP contribution in [0.5, 0.6) is 5.75 Å². The molecule has 0 atom stereocenters. The molecule has 0 bridgehead atoms. The van der Waals surface area contributed by atoms with Crippen LogP contribution in [0.15, 0.2) is 64.1 Å². The SMILES string of the molecule is O=C(COc1ccc(Cl)cc1I)N/N=C/c1ccc(-c2cccc([N+](=O)[O-])c2)o1. The van der Waals surface area contributed by atoms with Crippen LogP contribution in [0.25, 0.3) is 11.3 Å². The van der Waals surface area contributed by atoms with Crippen molar-refractivity contribution in [2.75, 3.05) is 6.61 Å². The molecule has 148 valence electrons. The molecular formula is C19H13ClIN3O5. The Morgan fingerprint density at radius 3 is 2.86 bits per heavy atom. The number of nitro benzene ring substituents is 1. The molecule has 0 aliphatic carbocycles. The van der Waals surface area contributed by atoms with Gasteiger partial charge in [-0.05, 0) is 52.9 Å². The Labute approximate surface area is 183 Å². The summed E-state index contributed by atoms with van der Waals surface area (Å²) in [5.41, 5.74) is 2.87. The van der Waals surface area contributed by atoms with Crippen LogP contribution in [-0.4, -0.2) is 23.7 Å². The molecule has 10 heteroatoms. The van der Waals surface area contributed by atoms with Crippen LogP contribution >= 0.6 is 34.2 Å². The molecule has 29 heavy (non-hydrogen) atoms. The van der Waals surface area contributed by atoms with E-state index in [0.29, 0.717) is 27.9 Å². The Kier molecular flexibility index (Phi) is 6.83. The smallest absolute Gasteiger partial charge is 0.277 e. The third-order valence-electron chi connectivity index (χ3n) is 3.60. The van der Waals surface area contributed by atoms with E-state index in [2.05, 4.69) is 33.1 Å². The number of ether oxygens (including phenoxy) is 1. The molecular weight excluding hydrogens is 513 g/mol. The molecule has 2 aromatic carbocycles. The molecule has 0 saturated carbocycles. The van der Waals surface area contributed by atoms with Crippen molar-refractivity contribution >= 4 is 52.0 Å². The van der Waals surface area contributed by atoms with Crippen molar-refractivity contribution in [3.63, 3.8) is 0 Å². The van der Waals surface area contributed by atoms with Gasteiger partial charge in [-0.3, -0.25) is 14.9 Å². The van der Waals surface area contributed by atoms with E-state index in [1.807, 2.05) is 0 Å². The number of nitro groups is 1. The summed E-state index contributed by atoms with van der Waals surface area (Å²) in [6.07, 6.45) is 1.32. The first-order chi connectivity index (χ1) is 13.9. The van der Waals surface area contributed by atoms with Gasteiger partial charge < -0.3 is 9.15 Å². The lowest BCUT2D eigenvalue weighted by Gasteiger charge is -2.07. The first-order valence-corrected chi connectivity index (χ1v) is 9.62. The average Bonchev–Trinajstić information content (AvgIpc) is 3.16. The predicted molar refractivity (Wildman–Crippen MR) is 116 cm³/mol. The van der Waals surface area contributed by atoms with Gasteiger partial charge in [-0.25, -0.2) is 5.43 Å². The Morgan fingerprint density at radius 2 is 2.10 bits per heavy atom. The number of carbonyl (C=O) groups is 1. The topological polar surface area (TPSA) is 107 Å². The lowest BCUT2D eigenvalue weighted by molar-refractivity contribution is -0.384. The van der Waals surface area contributed by atoms with Gasteiger partial charge in [-0.15, -0.1) is 0 Å². The molecule has 8 nitrogen and oxygen atoms in total. The Hall–Kier alpha value is -2.92. The van der Waals surface area contributed by atoms with Crippen LogP contribution in [0.4, 0.5) is 5.69 Å². The number of furan rings is 1. The number of benzene rings is 2. The summed E-state index contributed by atoms with van der Waals surface area (Å²) in [5.74, 6) is 0.918. The highest BCUT2D eigenvalue weighted by Crippen LogP contribution is 2.25. The van der Waals surface area contributed by atoms with Gasteiger partial charge in [0.2, 0.25) is 0 Å². The normalized spacial score (nSPS) is 10.8. The van der Waals surface area contributed by atoms with E-state index in [-0.39, 0.29) is 12.3 Å². The van der Waals surface area contributed by atoms with Crippen molar-refractivity contribution in [3.8, 4) is 17.1 Å². The summed E-state index contributed by atoms with van der Waals surface area (Å²) in [5, 5.41) is 15.3. The van der Waals surface area contributed by atoms with Crippen molar-refractivity contribution in [1.29, 1.82) is 0 Å². The summed E-state index contributed by atoms with van der Waals surface area (Å²) in [4.78, 5) is 22.2. The van der Waals surface area contributed by atoms with Gasteiger partial charge >= 0.3 is 0 Å². The molecule has 1 aromatic heterocycles. The molecule has 1 N–H and O–H groups in total. The minimum absolute atomic E-state index is 0.0308. The van der Waals surface area contributed by atoms with E-state index < -0.39 is 10.8 Å². The molecule has 1 amide bonds. The van der Waals surface area contributed by atoms with E-state index in [9.17, 15) is 14.9 Å². The van der Waals surface area contributed by atoms with Crippen molar-refractivity contribution in [2.45, 2.75) is 0 Å². The number of rotatable bonds is 7. The Morgan fingerprint density at radius 1 is 1.28 bits per heavy atom. The van der Waals surface area contributed by atoms with E-state index in [1.165, 1.54) is 18.3 Å². The zero-order valence-electron chi connectivity index (χ0n) is 14.7. The average molecular weight is 526 g/mol. The van der Waals surface area contributed by atoms with Crippen molar-refractivity contribution in [2.24, 2.45) is 5.10 Å². The molecule has 0 saturated heterocycles. The fraction of sp³-hybridized carbons (Fsp3) is 0.0526. The summed E-state index contributed by atoms with van der Waals surface area (Å²) < 4.78 is 11.8. The number of nitrogens with one attached hydrogen (secondary N) is 1. The quantitative estimate of drug-likeness (QED) is 0.209. The van der Waals surface area contributed by atoms with Crippen LogP contribution in [0.1, 0.15) is 5.76 Å². The number of non-ortho nitro benzene ring substituents is 1. The summed E-state index contributed by atoms with van der Waals surface area (Å²) >= 11 is 7.93. The number of nitrogens with zero attached hydrogens (tertiary/aromatic N) is 2. The number of amides is 1. The predicted octanol–water partition coefficient (Wildman–Crippen LogP) is 4.64. The van der Waals surface area contributed by atoms with Crippen LogP contribution in [0.2, 0.25) is 5.02 Å². The molecule has 3 rings (SSSR count). The standard InChI is InChI=1S/C19H13ClIN3O5/c20-13-4-6-18(16(21)9-13)28-11-19(25)23-22-10-15-5-7-17(29-15)12-2-1-3-14(8-12)24(26)27/h1-10H,11H2,(H,23,25)/b22-10+. The monoisotopic (exact) mass is 525 g/mol. The van der Waals surface area contributed by atoms with Gasteiger partial charge in [0.1, 0.15) is 17.3 Å². The molecule has 0 fully saturated rings. The zero-order chi connectivity index (χ0) is 20.8. The van der Waals surface area contributed by atoms with Crippen molar-refractivity contribution < 1.29 is 18.9 Å². The molecule has 0 aliphatic heterocycles. The van der Waals surface area contributed by atoms with Crippen molar-refractivity contribution in [1.82, 2.24) is 5.43 Å². The molecule has 3 aromatic rings. The third kappa shape index (κ3) is 5.78. The highest BCUT2D eigenvalue weighted by atomic mass is 127. The first kappa shape index (κ1) is 20.8. The first-order valence-electron chi connectivity index (χ1n) is 8.17. The summed E-state index contributed by atoms with van der Waals surface area (Å²) in [6.45, 7) is -0.216. The highest BCUT2D eigenvalue weighted by Gasteiger charge is 2.10. The molecule has 0 unspecified atom stereocenters. The molecule has 0 spiro atoms. The maximum atomic E-state index is 11.8. The maximum Gasteiger partial charge on any atom is 0.277 e. The fourth-order valence-corrected chi connectivity index (χ4v) is 3.31. The second-order valence-corrected chi connectivity index (χ2v) is 7.26. The van der Waals surface area contributed by atoms with Crippen LogP contribution < -0.4 is 10.2 Å². The summed E-state index contributed by atoms with van der Waals surface area (Å²) in [7, 11) is 0. The minimum atomic E-state index is -0.475. The lowest BCUT2D eigenvalue weighted by atomic mass is 10.1. The second-order valence-electron chi connectivity index (χ2n) is 5.67. The van der Waals surface area contributed by atoms with E-state index in [1.54, 1.807) is 42.5 Å². The molecule has 0 radical (unpaired) electrons. The highest BCUT2D eigenvalue weighted by molar-refractivity contribution is 14.1. The zero-order valence-corrected chi connectivity index (χ0v) is 17.6. The number of hydrazone groups is 1.